The first-order valence-electron chi connectivity index (χ1n) is 5.76. The monoisotopic (exact) mass is 253 g/mol. The zero-order chi connectivity index (χ0) is 13.2. The SMILES string of the molecule is O=CNc1cccc2[nH]c(-c3ccc(O)cc3)nc12. The van der Waals surface area contributed by atoms with Gasteiger partial charge in [0.25, 0.3) is 0 Å². The number of hydrogen-bond donors (Lipinski definition) is 3. The molecular weight excluding hydrogens is 242 g/mol. The summed E-state index contributed by atoms with van der Waals surface area (Å²) in [7, 11) is 0. The Morgan fingerprint density at radius 1 is 1.16 bits per heavy atom. The first kappa shape index (κ1) is 11.3. The molecule has 19 heavy (non-hydrogen) atoms. The van der Waals surface area contributed by atoms with Crippen molar-refractivity contribution in [2.24, 2.45) is 0 Å². The van der Waals surface area contributed by atoms with Crippen molar-refractivity contribution >= 4 is 23.1 Å². The van der Waals surface area contributed by atoms with Gasteiger partial charge in [-0.3, -0.25) is 4.79 Å². The van der Waals surface area contributed by atoms with Gasteiger partial charge in [0.15, 0.2) is 0 Å². The molecule has 3 rings (SSSR count). The number of carbonyl (C=O) groups excluding carboxylic acids is 1. The van der Waals surface area contributed by atoms with E-state index in [-0.39, 0.29) is 5.75 Å². The largest absolute Gasteiger partial charge is 0.508 e. The summed E-state index contributed by atoms with van der Waals surface area (Å²) in [6, 6.07) is 12.3. The van der Waals surface area contributed by atoms with Crippen LogP contribution in [0.3, 0.4) is 0 Å². The molecule has 0 spiro atoms. The number of aromatic amines is 1. The van der Waals surface area contributed by atoms with Gasteiger partial charge in [-0.2, -0.15) is 0 Å². The molecule has 5 heteroatoms. The molecule has 3 aromatic rings. The minimum Gasteiger partial charge on any atom is -0.508 e. The molecule has 0 bridgehead atoms. The van der Waals surface area contributed by atoms with Gasteiger partial charge in [-0.15, -0.1) is 0 Å². The topological polar surface area (TPSA) is 78.0 Å². The third-order valence-corrected chi connectivity index (χ3v) is 2.87. The van der Waals surface area contributed by atoms with Crippen molar-refractivity contribution in [3.63, 3.8) is 0 Å². The molecule has 5 nitrogen and oxygen atoms in total. The van der Waals surface area contributed by atoms with E-state index in [1.54, 1.807) is 30.3 Å². The first-order chi connectivity index (χ1) is 9.28. The van der Waals surface area contributed by atoms with E-state index in [1.807, 2.05) is 12.1 Å². The van der Waals surface area contributed by atoms with Gasteiger partial charge in [0.05, 0.1) is 11.2 Å². The normalized spacial score (nSPS) is 10.5. The Balaban J connectivity index is 2.13. The third kappa shape index (κ3) is 2.01. The number of aromatic hydroxyl groups is 1. The number of imidazole rings is 1. The van der Waals surface area contributed by atoms with Crippen LogP contribution in [0.15, 0.2) is 42.5 Å². The molecular formula is C14H11N3O2. The highest BCUT2D eigenvalue weighted by Crippen LogP contribution is 2.26. The summed E-state index contributed by atoms with van der Waals surface area (Å²) in [4.78, 5) is 18.2. The van der Waals surface area contributed by atoms with Crippen molar-refractivity contribution in [2.75, 3.05) is 5.32 Å². The molecule has 1 heterocycles. The molecule has 0 unspecified atom stereocenters. The van der Waals surface area contributed by atoms with Crippen LogP contribution in [-0.4, -0.2) is 21.5 Å². The van der Waals surface area contributed by atoms with Crippen LogP contribution in [0.2, 0.25) is 0 Å². The second-order valence-corrected chi connectivity index (χ2v) is 4.10. The summed E-state index contributed by atoms with van der Waals surface area (Å²) in [5.41, 5.74) is 3.08. The molecule has 0 radical (unpaired) electrons. The summed E-state index contributed by atoms with van der Waals surface area (Å²) in [5, 5.41) is 11.9. The molecule has 0 fully saturated rings. The Morgan fingerprint density at radius 3 is 2.68 bits per heavy atom. The van der Waals surface area contributed by atoms with Crippen LogP contribution in [-0.2, 0) is 4.79 Å². The van der Waals surface area contributed by atoms with E-state index in [2.05, 4.69) is 15.3 Å². The summed E-state index contributed by atoms with van der Waals surface area (Å²) < 4.78 is 0. The number of benzene rings is 2. The van der Waals surface area contributed by atoms with Gasteiger partial charge in [0.1, 0.15) is 17.1 Å². The maximum absolute atomic E-state index is 10.6. The van der Waals surface area contributed by atoms with Crippen LogP contribution >= 0.6 is 0 Å². The lowest BCUT2D eigenvalue weighted by Gasteiger charge is -1.97. The first-order valence-corrected chi connectivity index (χ1v) is 5.76. The number of carbonyl (C=O) groups is 1. The van der Waals surface area contributed by atoms with Crippen molar-refractivity contribution in [2.45, 2.75) is 0 Å². The summed E-state index contributed by atoms with van der Waals surface area (Å²) in [6.45, 7) is 0. The number of nitrogens with zero attached hydrogens (tertiary/aromatic N) is 1. The average molecular weight is 253 g/mol. The van der Waals surface area contributed by atoms with Crippen molar-refractivity contribution in [3.05, 3.63) is 42.5 Å². The zero-order valence-corrected chi connectivity index (χ0v) is 9.92. The molecule has 1 aromatic heterocycles. The highest BCUT2D eigenvalue weighted by molar-refractivity contribution is 5.94. The number of nitrogens with one attached hydrogen (secondary N) is 2. The van der Waals surface area contributed by atoms with E-state index in [9.17, 15) is 9.90 Å². The van der Waals surface area contributed by atoms with Gasteiger partial charge < -0.3 is 15.4 Å². The smallest absolute Gasteiger partial charge is 0.211 e. The van der Waals surface area contributed by atoms with Crippen LogP contribution in [0, 0.1) is 0 Å². The Morgan fingerprint density at radius 2 is 1.95 bits per heavy atom. The van der Waals surface area contributed by atoms with Gasteiger partial charge in [0, 0.05) is 5.56 Å². The second kappa shape index (κ2) is 4.45. The third-order valence-electron chi connectivity index (χ3n) is 2.87. The number of aromatic nitrogens is 2. The lowest BCUT2D eigenvalue weighted by Crippen LogP contribution is -1.93. The lowest BCUT2D eigenvalue weighted by atomic mass is 10.2. The molecule has 0 atom stereocenters. The van der Waals surface area contributed by atoms with Crippen LogP contribution in [0.4, 0.5) is 5.69 Å². The minimum atomic E-state index is 0.211. The van der Waals surface area contributed by atoms with Crippen molar-refractivity contribution < 1.29 is 9.90 Å². The molecule has 0 aliphatic rings. The highest BCUT2D eigenvalue weighted by atomic mass is 16.3. The van der Waals surface area contributed by atoms with Gasteiger partial charge in [-0.25, -0.2) is 4.98 Å². The maximum atomic E-state index is 10.6. The standard InChI is InChI=1S/C14H11N3O2/c18-8-15-11-2-1-3-12-13(11)17-14(16-12)9-4-6-10(19)7-5-9/h1-8,19H,(H,15,18)(H,16,17). The predicted octanol–water partition coefficient (Wildman–Crippen LogP) is 2.50. The van der Waals surface area contributed by atoms with E-state index in [0.717, 1.165) is 11.1 Å². The Kier molecular flexibility index (Phi) is 2.64. The molecule has 0 aliphatic heterocycles. The predicted molar refractivity (Wildman–Crippen MR) is 72.9 cm³/mol. The van der Waals surface area contributed by atoms with Crippen molar-refractivity contribution in [3.8, 4) is 17.1 Å². The number of anilines is 1. The van der Waals surface area contributed by atoms with E-state index in [4.69, 9.17) is 0 Å². The molecule has 0 saturated heterocycles. The summed E-state index contributed by atoms with van der Waals surface area (Å²) in [5.74, 6) is 0.901. The Hall–Kier alpha value is -2.82. The summed E-state index contributed by atoms with van der Waals surface area (Å²) >= 11 is 0. The van der Waals surface area contributed by atoms with E-state index in [0.29, 0.717) is 23.4 Å². The molecule has 1 amide bonds. The number of fused-ring (bicyclic) bond motifs is 1. The number of rotatable bonds is 3. The van der Waals surface area contributed by atoms with Gasteiger partial charge >= 0.3 is 0 Å². The fraction of sp³-hybridized carbons (Fsp3) is 0. The van der Waals surface area contributed by atoms with Gasteiger partial charge in [-0.05, 0) is 36.4 Å². The molecule has 2 aromatic carbocycles. The van der Waals surface area contributed by atoms with Crippen molar-refractivity contribution in [1.82, 2.24) is 9.97 Å². The maximum Gasteiger partial charge on any atom is 0.211 e. The zero-order valence-electron chi connectivity index (χ0n) is 9.92. The van der Waals surface area contributed by atoms with E-state index in [1.165, 1.54) is 0 Å². The van der Waals surface area contributed by atoms with E-state index < -0.39 is 0 Å². The quantitative estimate of drug-likeness (QED) is 0.627. The number of hydrogen-bond acceptors (Lipinski definition) is 3. The Labute approximate surface area is 108 Å². The van der Waals surface area contributed by atoms with E-state index >= 15 is 0 Å². The van der Waals surface area contributed by atoms with Crippen molar-refractivity contribution in [1.29, 1.82) is 0 Å². The van der Waals surface area contributed by atoms with Gasteiger partial charge in [0.2, 0.25) is 6.41 Å². The number of H-pyrrole nitrogens is 1. The van der Waals surface area contributed by atoms with Crippen LogP contribution < -0.4 is 5.32 Å². The number of para-hydroxylation sites is 1. The molecule has 94 valence electrons. The average Bonchev–Trinajstić information content (AvgIpc) is 2.85. The molecule has 0 aliphatic carbocycles. The van der Waals surface area contributed by atoms with Gasteiger partial charge in [-0.1, -0.05) is 6.07 Å². The fourth-order valence-corrected chi connectivity index (χ4v) is 1.97. The second-order valence-electron chi connectivity index (χ2n) is 4.10. The molecule has 3 N–H and O–H groups in total. The number of phenols is 1. The lowest BCUT2D eigenvalue weighted by molar-refractivity contribution is -0.105. The Bertz CT molecular complexity index is 732. The fourth-order valence-electron chi connectivity index (χ4n) is 1.97. The number of amides is 1. The minimum absolute atomic E-state index is 0.211. The highest BCUT2D eigenvalue weighted by Gasteiger charge is 2.08. The van der Waals surface area contributed by atoms with Crippen LogP contribution in [0.1, 0.15) is 0 Å². The molecule has 0 saturated carbocycles. The summed E-state index contributed by atoms with van der Waals surface area (Å²) in [6.07, 6.45) is 0.629. The number of phenolic OH excluding ortho intramolecular Hbond substituents is 1. The van der Waals surface area contributed by atoms with Crippen LogP contribution in [0.25, 0.3) is 22.4 Å². The van der Waals surface area contributed by atoms with Crippen LogP contribution in [0.5, 0.6) is 5.75 Å².